The first-order chi connectivity index (χ1) is 9.11. The smallest absolute Gasteiger partial charge is 0.224 e. The fourth-order valence-electron chi connectivity index (χ4n) is 2.78. The van der Waals surface area contributed by atoms with Crippen molar-refractivity contribution in [3.05, 3.63) is 11.2 Å². The number of anilines is 2. The van der Waals surface area contributed by atoms with Crippen molar-refractivity contribution in [3.8, 4) is 0 Å². The van der Waals surface area contributed by atoms with Gasteiger partial charge >= 0.3 is 0 Å². The SMILES string of the molecule is CCNc1ncc(Cl)c(N(C)C2CCCC(C)C2)n1. The average molecular weight is 283 g/mol. The third-order valence-corrected chi connectivity index (χ3v) is 4.12. The van der Waals surface area contributed by atoms with E-state index >= 15 is 0 Å². The van der Waals surface area contributed by atoms with Crippen molar-refractivity contribution in [2.24, 2.45) is 5.92 Å². The molecule has 4 nitrogen and oxygen atoms in total. The summed E-state index contributed by atoms with van der Waals surface area (Å²) >= 11 is 6.25. The Balaban J connectivity index is 2.17. The zero-order valence-electron chi connectivity index (χ0n) is 12.0. The summed E-state index contributed by atoms with van der Waals surface area (Å²) in [4.78, 5) is 10.9. The van der Waals surface area contributed by atoms with Crippen LogP contribution >= 0.6 is 11.6 Å². The number of aromatic nitrogens is 2. The van der Waals surface area contributed by atoms with Gasteiger partial charge in [-0.3, -0.25) is 0 Å². The zero-order chi connectivity index (χ0) is 13.8. The first-order valence-electron chi connectivity index (χ1n) is 7.11. The fourth-order valence-corrected chi connectivity index (χ4v) is 3.00. The Morgan fingerprint density at radius 2 is 2.26 bits per heavy atom. The van der Waals surface area contributed by atoms with Crippen molar-refractivity contribution in [1.82, 2.24) is 9.97 Å². The topological polar surface area (TPSA) is 41.1 Å². The van der Waals surface area contributed by atoms with Crippen LogP contribution in [0.5, 0.6) is 0 Å². The molecule has 0 aliphatic heterocycles. The lowest BCUT2D eigenvalue weighted by Crippen LogP contribution is -2.36. The van der Waals surface area contributed by atoms with E-state index < -0.39 is 0 Å². The van der Waals surface area contributed by atoms with Crippen molar-refractivity contribution < 1.29 is 0 Å². The molecule has 2 unspecified atom stereocenters. The molecule has 106 valence electrons. The van der Waals surface area contributed by atoms with Crippen LogP contribution in [0.2, 0.25) is 5.02 Å². The van der Waals surface area contributed by atoms with E-state index in [-0.39, 0.29) is 0 Å². The third-order valence-electron chi connectivity index (χ3n) is 3.85. The molecule has 2 atom stereocenters. The van der Waals surface area contributed by atoms with Gasteiger partial charge in [-0.25, -0.2) is 4.98 Å². The Hall–Kier alpha value is -1.03. The number of nitrogens with one attached hydrogen (secondary N) is 1. The molecule has 1 heterocycles. The summed E-state index contributed by atoms with van der Waals surface area (Å²) < 4.78 is 0. The molecule has 0 radical (unpaired) electrons. The molecule has 5 heteroatoms. The van der Waals surface area contributed by atoms with Crippen molar-refractivity contribution >= 4 is 23.4 Å². The van der Waals surface area contributed by atoms with Crippen molar-refractivity contribution in [2.45, 2.75) is 45.6 Å². The molecule has 0 spiro atoms. The monoisotopic (exact) mass is 282 g/mol. The highest BCUT2D eigenvalue weighted by molar-refractivity contribution is 6.32. The zero-order valence-corrected chi connectivity index (χ0v) is 12.7. The van der Waals surface area contributed by atoms with Crippen LogP contribution in [-0.2, 0) is 0 Å². The average Bonchev–Trinajstić information content (AvgIpc) is 2.40. The molecule has 2 rings (SSSR count). The molecule has 1 N–H and O–H groups in total. The number of halogens is 1. The third kappa shape index (κ3) is 3.50. The van der Waals surface area contributed by atoms with Gasteiger partial charge in [0.2, 0.25) is 5.95 Å². The predicted octanol–water partition coefficient (Wildman–Crippen LogP) is 3.58. The Morgan fingerprint density at radius 3 is 2.95 bits per heavy atom. The molecule has 1 saturated carbocycles. The second-order valence-electron chi connectivity index (χ2n) is 5.43. The van der Waals surface area contributed by atoms with Crippen LogP contribution < -0.4 is 10.2 Å². The van der Waals surface area contributed by atoms with Crippen molar-refractivity contribution in [3.63, 3.8) is 0 Å². The standard InChI is InChI=1S/C14H23ClN4/c1-4-16-14-17-9-12(15)13(18-14)19(3)11-7-5-6-10(2)8-11/h9-11H,4-8H2,1-3H3,(H,16,17,18). The summed E-state index contributed by atoms with van der Waals surface area (Å²) in [5.74, 6) is 2.28. The van der Waals surface area contributed by atoms with Gasteiger partial charge in [0.1, 0.15) is 5.02 Å². The van der Waals surface area contributed by atoms with Gasteiger partial charge in [-0.05, 0) is 25.7 Å². The summed E-state index contributed by atoms with van der Waals surface area (Å²) in [6, 6.07) is 0.533. The van der Waals surface area contributed by atoms with Gasteiger partial charge < -0.3 is 10.2 Å². The summed E-state index contributed by atoms with van der Waals surface area (Å²) in [6.07, 6.45) is 6.75. The van der Waals surface area contributed by atoms with Gasteiger partial charge in [-0.15, -0.1) is 0 Å². The van der Waals surface area contributed by atoms with E-state index in [1.165, 1.54) is 25.7 Å². The maximum absolute atomic E-state index is 6.25. The molecular weight excluding hydrogens is 260 g/mol. The largest absolute Gasteiger partial charge is 0.355 e. The highest BCUT2D eigenvalue weighted by atomic mass is 35.5. The fraction of sp³-hybridized carbons (Fsp3) is 0.714. The minimum atomic E-state index is 0.533. The van der Waals surface area contributed by atoms with Crippen LogP contribution in [0.3, 0.4) is 0 Å². The normalized spacial score (nSPS) is 23.2. The summed E-state index contributed by atoms with van der Waals surface area (Å²) in [5, 5.41) is 3.76. The lowest BCUT2D eigenvalue weighted by atomic mass is 9.86. The van der Waals surface area contributed by atoms with Gasteiger partial charge in [-0.2, -0.15) is 4.98 Å². The molecular formula is C14H23ClN4. The first kappa shape index (κ1) is 14.4. The van der Waals surface area contributed by atoms with Gasteiger partial charge in [0.15, 0.2) is 5.82 Å². The van der Waals surface area contributed by atoms with Crippen LogP contribution in [0.1, 0.15) is 39.5 Å². The Labute approximate surface area is 120 Å². The quantitative estimate of drug-likeness (QED) is 0.916. The minimum absolute atomic E-state index is 0.533. The van der Waals surface area contributed by atoms with Crippen LogP contribution in [0.25, 0.3) is 0 Å². The van der Waals surface area contributed by atoms with Crippen LogP contribution in [0, 0.1) is 5.92 Å². The number of hydrogen-bond donors (Lipinski definition) is 1. The molecule has 0 saturated heterocycles. The molecule has 1 aromatic heterocycles. The first-order valence-corrected chi connectivity index (χ1v) is 7.48. The van der Waals surface area contributed by atoms with Gasteiger partial charge in [0.05, 0.1) is 6.20 Å². The molecule has 0 aromatic carbocycles. The van der Waals surface area contributed by atoms with E-state index in [2.05, 4.69) is 34.2 Å². The minimum Gasteiger partial charge on any atom is -0.355 e. The molecule has 0 bridgehead atoms. The summed E-state index contributed by atoms with van der Waals surface area (Å²) in [5.41, 5.74) is 0. The Kier molecular flexibility index (Phi) is 4.86. The Morgan fingerprint density at radius 1 is 1.47 bits per heavy atom. The Bertz CT molecular complexity index is 424. The van der Waals surface area contributed by atoms with Crippen molar-refractivity contribution in [2.75, 3.05) is 23.8 Å². The molecule has 1 aromatic rings. The molecule has 0 amide bonds. The van der Waals surface area contributed by atoms with Crippen LogP contribution in [0.15, 0.2) is 6.20 Å². The van der Waals surface area contributed by atoms with Crippen LogP contribution in [-0.4, -0.2) is 29.6 Å². The predicted molar refractivity (Wildman–Crippen MR) is 81.0 cm³/mol. The summed E-state index contributed by atoms with van der Waals surface area (Å²) in [6.45, 7) is 5.17. The molecule has 1 fully saturated rings. The highest BCUT2D eigenvalue weighted by Gasteiger charge is 2.24. The summed E-state index contributed by atoms with van der Waals surface area (Å²) in [7, 11) is 2.09. The maximum Gasteiger partial charge on any atom is 0.224 e. The van der Waals surface area contributed by atoms with E-state index in [9.17, 15) is 0 Å². The van der Waals surface area contributed by atoms with E-state index in [4.69, 9.17) is 11.6 Å². The van der Waals surface area contributed by atoms with E-state index in [1.807, 2.05) is 6.92 Å². The molecule has 1 aliphatic carbocycles. The van der Waals surface area contributed by atoms with Gasteiger partial charge in [0.25, 0.3) is 0 Å². The lowest BCUT2D eigenvalue weighted by Gasteiger charge is -2.35. The second-order valence-corrected chi connectivity index (χ2v) is 5.84. The van der Waals surface area contributed by atoms with Gasteiger partial charge in [0, 0.05) is 19.6 Å². The van der Waals surface area contributed by atoms with Gasteiger partial charge in [-0.1, -0.05) is 31.4 Å². The molecule has 19 heavy (non-hydrogen) atoms. The second kappa shape index (κ2) is 6.42. The van der Waals surface area contributed by atoms with E-state index in [1.54, 1.807) is 6.20 Å². The van der Waals surface area contributed by atoms with E-state index in [0.29, 0.717) is 17.0 Å². The number of nitrogens with zero attached hydrogens (tertiary/aromatic N) is 3. The van der Waals surface area contributed by atoms with E-state index in [0.717, 1.165) is 18.3 Å². The van der Waals surface area contributed by atoms with Crippen molar-refractivity contribution in [1.29, 1.82) is 0 Å². The maximum atomic E-state index is 6.25. The number of hydrogen-bond acceptors (Lipinski definition) is 4. The lowest BCUT2D eigenvalue weighted by molar-refractivity contribution is 0.335. The molecule has 1 aliphatic rings. The van der Waals surface area contributed by atoms with Crippen LogP contribution in [0.4, 0.5) is 11.8 Å². The number of rotatable bonds is 4. The highest BCUT2D eigenvalue weighted by Crippen LogP contribution is 2.31.